The summed E-state index contributed by atoms with van der Waals surface area (Å²) in [6.07, 6.45) is 4.90. The molecular weight excluding hydrogens is 387 g/mol. The van der Waals surface area contributed by atoms with Gasteiger partial charge in [-0.1, -0.05) is 37.3 Å². The molecule has 1 saturated heterocycles. The Bertz CT molecular complexity index is 885. The minimum Gasteiger partial charge on any atom is -0.311 e. The van der Waals surface area contributed by atoms with Crippen LogP contribution in [0.5, 0.6) is 0 Å². The van der Waals surface area contributed by atoms with Gasteiger partial charge < -0.3 is 9.80 Å². The van der Waals surface area contributed by atoms with Gasteiger partial charge in [0.25, 0.3) is 0 Å². The molecule has 0 saturated carbocycles. The van der Waals surface area contributed by atoms with Gasteiger partial charge in [-0.2, -0.15) is 0 Å². The van der Waals surface area contributed by atoms with Crippen LogP contribution in [0.15, 0.2) is 36.4 Å². The summed E-state index contributed by atoms with van der Waals surface area (Å²) in [6.45, 7) is 8.00. The Balaban J connectivity index is 1.76. The molecule has 2 atom stereocenters. The summed E-state index contributed by atoms with van der Waals surface area (Å²) >= 11 is 0. The second-order valence-electron chi connectivity index (χ2n) is 9.59. The molecule has 1 fully saturated rings. The number of amides is 1. The van der Waals surface area contributed by atoms with E-state index in [9.17, 15) is 9.18 Å². The predicted molar refractivity (Wildman–Crippen MR) is 127 cm³/mol. The van der Waals surface area contributed by atoms with Gasteiger partial charge in [-0.05, 0) is 101 Å². The van der Waals surface area contributed by atoms with E-state index in [2.05, 4.69) is 45.0 Å². The van der Waals surface area contributed by atoms with Crippen LogP contribution in [0, 0.1) is 31.5 Å². The van der Waals surface area contributed by atoms with E-state index in [1.165, 1.54) is 24.5 Å². The quantitative estimate of drug-likeness (QED) is 0.518. The highest BCUT2D eigenvalue weighted by Gasteiger charge is 2.34. The van der Waals surface area contributed by atoms with Gasteiger partial charge in [0.2, 0.25) is 5.91 Å². The van der Waals surface area contributed by atoms with E-state index < -0.39 is 0 Å². The van der Waals surface area contributed by atoms with Crippen molar-refractivity contribution in [1.82, 2.24) is 4.90 Å². The molecule has 3 nitrogen and oxygen atoms in total. The summed E-state index contributed by atoms with van der Waals surface area (Å²) in [4.78, 5) is 17.3. The summed E-state index contributed by atoms with van der Waals surface area (Å²) in [5.41, 5.74) is 5.46. The van der Waals surface area contributed by atoms with Crippen molar-refractivity contribution >= 4 is 11.6 Å². The van der Waals surface area contributed by atoms with Crippen LogP contribution in [0.2, 0.25) is 0 Å². The monoisotopic (exact) mass is 424 g/mol. The fourth-order valence-corrected chi connectivity index (χ4v) is 4.99. The first kappa shape index (κ1) is 23.5. The molecule has 1 heterocycles. The van der Waals surface area contributed by atoms with Crippen LogP contribution in [-0.2, 0) is 17.6 Å². The van der Waals surface area contributed by atoms with Crippen LogP contribution in [0.3, 0.4) is 0 Å². The number of unbranched alkanes of at least 4 members (excludes halogenated alkanes) is 1. The molecule has 1 amide bonds. The minimum atomic E-state index is -0.149. The lowest BCUT2D eigenvalue weighted by molar-refractivity contribution is -0.124. The standard InChI is InChI=1S/C27H37FN2O/c1-19-14-22(10-8-9-13-29(4)5)15-20(2)26(19)30-18-23(16-21(3)27(30)31)17-24-11-6-7-12-25(24)28/h6-7,11-12,14-15,21,23H,8-10,13,16-18H2,1-5H3/t21-,23-/m1/s1. The van der Waals surface area contributed by atoms with Crippen LogP contribution in [0.25, 0.3) is 0 Å². The van der Waals surface area contributed by atoms with Crippen LogP contribution < -0.4 is 4.90 Å². The van der Waals surface area contributed by atoms with Crippen molar-refractivity contribution < 1.29 is 9.18 Å². The molecule has 0 bridgehead atoms. The number of rotatable bonds is 8. The number of nitrogens with zero attached hydrogens (tertiary/aromatic N) is 2. The van der Waals surface area contributed by atoms with E-state index in [0.29, 0.717) is 13.0 Å². The number of hydrogen-bond acceptors (Lipinski definition) is 2. The van der Waals surface area contributed by atoms with Gasteiger partial charge in [-0.3, -0.25) is 4.79 Å². The van der Waals surface area contributed by atoms with Gasteiger partial charge in [0.15, 0.2) is 0 Å². The fraction of sp³-hybridized carbons (Fsp3) is 0.519. The molecule has 0 radical (unpaired) electrons. The van der Waals surface area contributed by atoms with Crippen LogP contribution in [0.1, 0.15) is 48.4 Å². The molecule has 1 aliphatic heterocycles. The predicted octanol–water partition coefficient (Wildman–Crippen LogP) is 5.56. The van der Waals surface area contributed by atoms with Crippen molar-refractivity contribution in [2.75, 3.05) is 32.1 Å². The summed E-state index contributed by atoms with van der Waals surface area (Å²) in [6, 6.07) is 11.5. The smallest absolute Gasteiger partial charge is 0.229 e. The number of benzene rings is 2. The number of hydrogen-bond donors (Lipinski definition) is 0. The van der Waals surface area contributed by atoms with Gasteiger partial charge in [0.05, 0.1) is 0 Å². The third kappa shape index (κ3) is 5.94. The molecule has 0 unspecified atom stereocenters. The molecule has 3 rings (SSSR count). The average Bonchev–Trinajstić information content (AvgIpc) is 2.70. The Kier molecular flexibility index (Phi) is 7.88. The van der Waals surface area contributed by atoms with E-state index in [1.54, 1.807) is 6.07 Å². The minimum absolute atomic E-state index is 0.0463. The maximum Gasteiger partial charge on any atom is 0.229 e. The third-order valence-electron chi connectivity index (χ3n) is 6.42. The van der Waals surface area contributed by atoms with Gasteiger partial charge in [0, 0.05) is 18.2 Å². The lowest BCUT2D eigenvalue weighted by Gasteiger charge is -2.38. The van der Waals surface area contributed by atoms with Crippen LogP contribution in [-0.4, -0.2) is 38.0 Å². The van der Waals surface area contributed by atoms with E-state index in [1.807, 2.05) is 24.0 Å². The van der Waals surface area contributed by atoms with Crippen molar-refractivity contribution in [1.29, 1.82) is 0 Å². The molecule has 31 heavy (non-hydrogen) atoms. The maximum absolute atomic E-state index is 14.2. The van der Waals surface area contributed by atoms with Crippen molar-refractivity contribution in [3.8, 4) is 0 Å². The molecule has 1 aliphatic rings. The van der Waals surface area contributed by atoms with Crippen molar-refractivity contribution in [3.05, 3.63) is 64.5 Å². The topological polar surface area (TPSA) is 23.6 Å². The van der Waals surface area contributed by atoms with E-state index >= 15 is 0 Å². The summed E-state index contributed by atoms with van der Waals surface area (Å²) in [5.74, 6) is 0.253. The first-order valence-electron chi connectivity index (χ1n) is 11.6. The van der Waals surface area contributed by atoms with Crippen molar-refractivity contribution in [2.24, 2.45) is 11.8 Å². The van der Waals surface area contributed by atoms with Crippen molar-refractivity contribution in [3.63, 3.8) is 0 Å². The summed E-state index contributed by atoms with van der Waals surface area (Å²) in [7, 11) is 4.22. The molecule has 168 valence electrons. The number of piperidine rings is 1. The zero-order valence-corrected chi connectivity index (χ0v) is 19.7. The Hall–Kier alpha value is -2.20. The van der Waals surface area contributed by atoms with Gasteiger partial charge in [-0.15, -0.1) is 0 Å². The zero-order chi connectivity index (χ0) is 22.5. The largest absolute Gasteiger partial charge is 0.311 e. The first-order chi connectivity index (χ1) is 14.8. The number of halogens is 1. The molecule has 0 spiro atoms. The third-order valence-corrected chi connectivity index (χ3v) is 6.42. The number of aryl methyl sites for hydroxylation is 3. The highest BCUT2D eigenvalue weighted by molar-refractivity contribution is 5.97. The van der Waals surface area contributed by atoms with Crippen LogP contribution in [0.4, 0.5) is 10.1 Å². The average molecular weight is 425 g/mol. The summed E-state index contributed by atoms with van der Waals surface area (Å²) in [5, 5.41) is 0. The van der Waals surface area contributed by atoms with E-state index in [0.717, 1.165) is 41.8 Å². The lowest BCUT2D eigenvalue weighted by Crippen LogP contribution is -2.46. The molecule has 0 N–H and O–H groups in total. The Morgan fingerprint density at radius 3 is 2.42 bits per heavy atom. The van der Waals surface area contributed by atoms with E-state index in [-0.39, 0.29) is 23.6 Å². The Morgan fingerprint density at radius 1 is 1.10 bits per heavy atom. The Labute approximate surface area is 187 Å². The number of anilines is 1. The van der Waals surface area contributed by atoms with E-state index in [4.69, 9.17) is 0 Å². The fourth-order valence-electron chi connectivity index (χ4n) is 4.99. The molecule has 2 aromatic rings. The molecule has 2 aromatic carbocycles. The normalized spacial score (nSPS) is 19.3. The Morgan fingerprint density at radius 2 is 1.77 bits per heavy atom. The highest BCUT2D eigenvalue weighted by atomic mass is 19.1. The molecular formula is C27H37FN2O. The van der Waals surface area contributed by atoms with Gasteiger partial charge >= 0.3 is 0 Å². The SMILES string of the molecule is Cc1cc(CCCCN(C)C)cc(C)c1N1C[C@@H](Cc2ccccc2F)C[C@@H](C)C1=O. The second-order valence-corrected chi connectivity index (χ2v) is 9.59. The van der Waals surface area contributed by atoms with Gasteiger partial charge in [-0.25, -0.2) is 4.39 Å². The maximum atomic E-state index is 14.2. The number of carbonyl (C=O) groups is 1. The zero-order valence-electron chi connectivity index (χ0n) is 19.7. The molecule has 0 aliphatic carbocycles. The lowest BCUT2D eigenvalue weighted by atomic mass is 9.84. The second kappa shape index (κ2) is 10.4. The number of carbonyl (C=O) groups excluding carboxylic acids is 1. The summed E-state index contributed by atoms with van der Waals surface area (Å²) < 4.78 is 14.2. The highest BCUT2D eigenvalue weighted by Crippen LogP contribution is 2.34. The van der Waals surface area contributed by atoms with Gasteiger partial charge in [0.1, 0.15) is 5.82 Å². The molecule has 0 aromatic heterocycles. The van der Waals surface area contributed by atoms with Crippen LogP contribution >= 0.6 is 0 Å². The molecule has 4 heteroatoms. The first-order valence-corrected chi connectivity index (χ1v) is 11.6. The van der Waals surface area contributed by atoms with Crippen molar-refractivity contribution in [2.45, 2.75) is 52.9 Å².